The Morgan fingerprint density at radius 3 is 1.69 bits per heavy atom. The highest BCUT2D eigenvalue weighted by atomic mass is 16.5. The van der Waals surface area contributed by atoms with E-state index in [-0.39, 0.29) is 0 Å². The van der Waals surface area contributed by atoms with E-state index < -0.39 is 5.54 Å². The van der Waals surface area contributed by atoms with E-state index in [2.05, 4.69) is 96.3 Å². The number of nitrogens with one attached hydrogen (secondary N) is 1. The molecule has 206 valence electrons. The minimum atomic E-state index is -0.737. The summed E-state index contributed by atoms with van der Waals surface area (Å²) in [5.41, 5.74) is 5.60. The van der Waals surface area contributed by atoms with Crippen molar-refractivity contribution in [3.8, 4) is 22.6 Å². The van der Waals surface area contributed by atoms with Gasteiger partial charge in [0.2, 0.25) is 0 Å². The van der Waals surface area contributed by atoms with Crippen LogP contribution in [-0.2, 0) is 12.1 Å². The Labute approximate surface area is 247 Å². The molecule has 0 atom stereocenters. The first-order valence-corrected chi connectivity index (χ1v) is 14.0. The van der Waals surface area contributed by atoms with Gasteiger partial charge in [0.1, 0.15) is 17.9 Å². The normalized spacial score (nSPS) is 11.1. The van der Waals surface area contributed by atoms with Gasteiger partial charge < -0.3 is 14.8 Å². The fourth-order valence-electron chi connectivity index (χ4n) is 5.32. The summed E-state index contributed by atoms with van der Waals surface area (Å²) in [7, 11) is 1.67. The molecule has 6 aromatic rings. The molecule has 0 aliphatic carbocycles. The number of rotatable bonds is 10. The molecule has 0 amide bonds. The van der Waals surface area contributed by atoms with Gasteiger partial charge in [-0.2, -0.15) is 0 Å². The monoisotopic (exact) mass is 548 g/mol. The van der Waals surface area contributed by atoms with Crippen molar-refractivity contribution in [2.24, 2.45) is 0 Å². The molecule has 0 fully saturated rings. The second-order valence-corrected chi connectivity index (χ2v) is 10.1. The number of benzene rings is 5. The Balaban J connectivity index is 1.50. The summed E-state index contributed by atoms with van der Waals surface area (Å²) in [5.74, 6) is 2.10. The molecule has 0 saturated heterocycles. The van der Waals surface area contributed by atoms with Gasteiger partial charge in [0.25, 0.3) is 0 Å². The summed E-state index contributed by atoms with van der Waals surface area (Å²) >= 11 is 0. The average Bonchev–Trinajstić information content (AvgIpc) is 3.08. The zero-order chi connectivity index (χ0) is 28.6. The van der Waals surface area contributed by atoms with Crippen molar-refractivity contribution in [2.75, 3.05) is 12.4 Å². The predicted molar refractivity (Wildman–Crippen MR) is 170 cm³/mol. The number of hydrogen-bond acceptors (Lipinski definition) is 4. The third-order valence-corrected chi connectivity index (χ3v) is 7.41. The minimum Gasteiger partial charge on any atom is -0.497 e. The molecular formula is C38H32N2O2. The second-order valence-electron chi connectivity index (χ2n) is 10.1. The van der Waals surface area contributed by atoms with Crippen LogP contribution in [0.4, 0.5) is 5.82 Å². The highest BCUT2D eigenvalue weighted by molar-refractivity contribution is 5.70. The van der Waals surface area contributed by atoms with Crippen molar-refractivity contribution in [1.29, 1.82) is 0 Å². The predicted octanol–water partition coefficient (Wildman–Crippen LogP) is 8.74. The van der Waals surface area contributed by atoms with Gasteiger partial charge in [-0.05, 0) is 46.0 Å². The maximum atomic E-state index is 6.56. The zero-order valence-electron chi connectivity index (χ0n) is 23.5. The lowest BCUT2D eigenvalue weighted by Gasteiger charge is -2.37. The molecule has 0 saturated carbocycles. The molecule has 0 unspecified atom stereocenters. The Morgan fingerprint density at radius 1 is 0.595 bits per heavy atom. The quantitative estimate of drug-likeness (QED) is 0.174. The van der Waals surface area contributed by atoms with E-state index in [1.807, 2.05) is 66.9 Å². The maximum absolute atomic E-state index is 6.56. The van der Waals surface area contributed by atoms with Gasteiger partial charge >= 0.3 is 0 Å². The van der Waals surface area contributed by atoms with Crippen LogP contribution >= 0.6 is 0 Å². The van der Waals surface area contributed by atoms with Crippen LogP contribution in [0.15, 0.2) is 158 Å². The van der Waals surface area contributed by atoms with E-state index in [0.717, 1.165) is 39.1 Å². The fourth-order valence-corrected chi connectivity index (χ4v) is 5.32. The number of pyridine rings is 1. The van der Waals surface area contributed by atoms with Gasteiger partial charge in [-0.25, -0.2) is 4.98 Å². The van der Waals surface area contributed by atoms with E-state index in [1.165, 1.54) is 0 Å². The van der Waals surface area contributed by atoms with Crippen LogP contribution in [0.2, 0.25) is 0 Å². The van der Waals surface area contributed by atoms with Crippen molar-refractivity contribution in [1.82, 2.24) is 4.98 Å². The van der Waals surface area contributed by atoms with Crippen molar-refractivity contribution in [3.63, 3.8) is 0 Å². The van der Waals surface area contributed by atoms with E-state index in [0.29, 0.717) is 18.2 Å². The molecule has 0 aliphatic heterocycles. The zero-order valence-corrected chi connectivity index (χ0v) is 23.5. The van der Waals surface area contributed by atoms with Crippen LogP contribution in [-0.4, -0.2) is 12.1 Å². The molecule has 1 aromatic heterocycles. The first-order valence-electron chi connectivity index (χ1n) is 14.0. The molecule has 4 heteroatoms. The largest absolute Gasteiger partial charge is 0.497 e. The van der Waals surface area contributed by atoms with E-state index >= 15 is 0 Å². The molecule has 6 rings (SSSR count). The summed E-state index contributed by atoms with van der Waals surface area (Å²) in [6.45, 7) is 0.362. The third-order valence-electron chi connectivity index (χ3n) is 7.41. The minimum absolute atomic E-state index is 0.362. The average molecular weight is 549 g/mol. The Bertz CT molecular complexity index is 1630. The number of methoxy groups -OCH3 is 1. The molecule has 0 radical (unpaired) electrons. The van der Waals surface area contributed by atoms with Crippen molar-refractivity contribution in [3.05, 3.63) is 180 Å². The molecule has 4 nitrogen and oxygen atoms in total. The van der Waals surface area contributed by atoms with Gasteiger partial charge in [-0.3, -0.25) is 0 Å². The third kappa shape index (κ3) is 5.61. The van der Waals surface area contributed by atoms with Crippen molar-refractivity contribution >= 4 is 5.82 Å². The highest BCUT2D eigenvalue weighted by Crippen LogP contribution is 2.42. The summed E-state index contributed by atoms with van der Waals surface area (Å²) in [5, 5.41) is 3.89. The summed E-state index contributed by atoms with van der Waals surface area (Å²) < 4.78 is 12.0. The Hall–Kier alpha value is -5.35. The van der Waals surface area contributed by atoms with E-state index in [9.17, 15) is 0 Å². The maximum Gasteiger partial charge on any atom is 0.170 e. The van der Waals surface area contributed by atoms with Crippen LogP contribution in [0.25, 0.3) is 11.1 Å². The van der Waals surface area contributed by atoms with Crippen LogP contribution in [0.3, 0.4) is 0 Å². The van der Waals surface area contributed by atoms with Crippen molar-refractivity contribution < 1.29 is 9.47 Å². The van der Waals surface area contributed by atoms with Gasteiger partial charge in [0, 0.05) is 11.8 Å². The molecular weight excluding hydrogens is 516 g/mol. The molecule has 0 aliphatic rings. The van der Waals surface area contributed by atoms with Gasteiger partial charge in [-0.15, -0.1) is 0 Å². The standard InChI is InChI=1S/C38H32N2O2/c1-41-35-24-14-15-29(25-35)28-42-36-26-31(30-16-6-2-7-17-30)27-39-37(36)40-38(32-18-8-3-9-19-32,33-20-10-4-11-21-33)34-22-12-5-13-23-34/h2-27H,28H2,1H3,(H,39,40). The molecule has 0 bridgehead atoms. The topological polar surface area (TPSA) is 43.4 Å². The van der Waals surface area contributed by atoms with Crippen molar-refractivity contribution in [2.45, 2.75) is 12.1 Å². The highest BCUT2D eigenvalue weighted by Gasteiger charge is 2.37. The summed E-state index contributed by atoms with van der Waals surface area (Å²) in [4.78, 5) is 5.00. The SMILES string of the molecule is COc1cccc(COc2cc(-c3ccccc3)cnc2NC(c2ccccc2)(c2ccccc2)c2ccccc2)c1. The number of aromatic nitrogens is 1. The fraction of sp³-hybridized carbons (Fsp3) is 0.0789. The number of hydrogen-bond donors (Lipinski definition) is 1. The smallest absolute Gasteiger partial charge is 0.170 e. The number of ether oxygens (including phenoxy) is 2. The summed E-state index contributed by atoms with van der Waals surface area (Å²) in [6, 6.07) is 51.7. The van der Waals surface area contributed by atoms with Crippen LogP contribution in [0.1, 0.15) is 22.3 Å². The molecule has 5 aromatic carbocycles. The molecule has 0 spiro atoms. The van der Waals surface area contributed by atoms with E-state index in [1.54, 1.807) is 7.11 Å². The summed E-state index contributed by atoms with van der Waals surface area (Å²) in [6.07, 6.45) is 1.90. The van der Waals surface area contributed by atoms with Gasteiger partial charge in [0.15, 0.2) is 11.6 Å². The lowest BCUT2D eigenvalue weighted by molar-refractivity contribution is 0.305. The Kier molecular flexibility index (Phi) is 7.96. The Morgan fingerprint density at radius 2 is 1.14 bits per heavy atom. The first-order chi connectivity index (χ1) is 20.8. The van der Waals surface area contributed by atoms with Crippen LogP contribution in [0.5, 0.6) is 11.5 Å². The molecule has 42 heavy (non-hydrogen) atoms. The number of nitrogens with zero attached hydrogens (tertiary/aromatic N) is 1. The lowest BCUT2D eigenvalue weighted by Crippen LogP contribution is -2.38. The molecule has 1 heterocycles. The first kappa shape index (κ1) is 26.9. The van der Waals surface area contributed by atoms with Gasteiger partial charge in [-0.1, -0.05) is 133 Å². The number of anilines is 1. The molecule has 1 N–H and O–H groups in total. The van der Waals surface area contributed by atoms with Crippen LogP contribution in [0, 0.1) is 0 Å². The van der Waals surface area contributed by atoms with E-state index in [4.69, 9.17) is 14.5 Å². The van der Waals surface area contributed by atoms with Gasteiger partial charge in [0.05, 0.1) is 7.11 Å². The second kappa shape index (κ2) is 12.4. The lowest BCUT2D eigenvalue weighted by atomic mass is 9.77. The van der Waals surface area contributed by atoms with Crippen LogP contribution < -0.4 is 14.8 Å².